The average Bonchev–Trinajstić information content (AvgIpc) is 2.82. The molecule has 0 saturated heterocycles. The van der Waals surface area contributed by atoms with E-state index in [1.54, 1.807) is 38.3 Å². The summed E-state index contributed by atoms with van der Waals surface area (Å²) in [6.07, 6.45) is 2.06. The van der Waals surface area contributed by atoms with Gasteiger partial charge in [-0.05, 0) is 55.7 Å². The Morgan fingerprint density at radius 2 is 1.69 bits per heavy atom. The third kappa shape index (κ3) is 8.01. The molecule has 198 valence electrons. The maximum Gasteiger partial charge on any atom is 0.244 e. The second-order valence-electron chi connectivity index (χ2n) is 8.48. The first kappa shape index (κ1) is 29.7. The Kier molecular flexibility index (Phi) is 10.9. The summed E-state index contributed by atoms with van der Waals surface area (Å²) in [5.41, 5.74) is 0.882. The first-order valence-electron chi connectivity index (χ1n) is 11.6. The van der Waals surface area contributed by atoms with Crippen molar-refractivity contribution in [1.29, 1.82) is 0 Å². The van der Waals surface area contributed by atoms with Crippen molar-refractivity contribution in [3.05, 3.63) is 58.1 Å². The smallest absolute Gasteiger partial charge is 0.244 e. The molecule has 2 rings (SSSR count). The predicted molar refractivity (Wildman–Crippen MR) is 144 cm³/mol. The van der Waals surface area contributed by atoms with Gasteiger partial charge in [-0.1, -0.05) is 49.2 Å². The van der Waals surface area contributed by atoms with Crippen LogP contribution in [0.15, 0.2) is 42.5 Å². The van der Waals surface area contributed by atoms with Crippen molar-refractivity contribution in [2.24, 2.45) is 0 Å². The Morgan fingerprint density at radius 1 is 1.06 bits per heavy atom. The van der Waals surface area contributed by atoms with Crippen molar-refractivity contribution in [2.45, 2.75) is 52.2 Å². The monoisotopic (exact) mass is 557 g/mol. The van der Waals surface area contributed by atoms with Crippen molar-refractivity contribution in [3.63, 3.8) is 0 Å². The van der Waals surface area contributed by atoms with Crippen LogP contribution in [0.3, 0.4) is 0 Å². The van der Waals surface area contributed by atoms with Crippen LogP contribution in [0.2, 0.25) is 10.0 Å². The molecule has 0 bridgehead atoms. The molecule has 2 atom stereocenters. The van der Waals surface area contributed by atoms with E-state index in [4.69, 9.17) is 27.9 Å². The zero-order valence-electron chi connectivity index (χ0n) is 21.1. The average molecular weight is 559 g/mol. The Hall–Kier alpha value is -2.49. The lowest BCUT2D eigenvalue weighted by Crippen LogP contribution is -2.53. The normalized spacial score (nSPS) is 13.0. The van der Waals surface area contributed by atoms with Crippen LogP contribution in [-0.2, 0) is 26.2 Å². The molecule has 2 unspecified atom stereocenters. The molecule has 0 aromatic heterocycles. The zero-order chi connectivity index (χ0) is 27.0. The number of carbonyl (C=O) groups excluding carboxylic acids is 2. The van der Waals surface area contributed by atoms with Gasteiger partial charge in [0.25, 0.3) is 0 Å². The van der Waals surface area contributed by atoms with Crippen LogP contribution in [0.25, 0.3) is 0 Å². The summed E-state index contributed by atoms with van der Waals surface area (Å²) in [5, 5.41) is 3.35. The first-order chi connectivity index (χ1) is 16.9. The number of nitrogens with one attached hydrogen (secondary N) is 1. The quantitative estimate of drug-likeness (QED) is 0.414. The highest BCUT2D eigenvalue weighted by Gasteiger charge is 2.32. The fourth-order valence-corrected chi connectivity index (χ4v) is 4.99. The number of amides is 2. The van der Waals surface area contributed by atoms with Crippen molar-refractivity contribution in [1.82, 2.24) is 10.2 Å². The van der Waals surface area contributed by atoms with Crippen LogP contribution in [-0.4, -0.2) is 57.1 Å². The van der Waals surface area contributed by atoms with E-state index in [1.165, 1.54) is 23.1 Å². The lowest BCUT2D eigenvalue weighted by atomic mass is 10.1. The van der Waals surface area contributed by atoms with Gasteiger partial charge in [0.15, 0.2) is 0 Å². The summed E-state index contributed by atoms with van der Waals surface area (Å²) in [6.45, 7) is 5.20. The molecular weight excluding hydrogens is 525 g/mol. The number of hydrogen-bond acceptors (Lipinski definition) is 5. The summed E-state index contributed by atoms with van der Waals surface area (Å²) >= 11 is 12.2. The molecule has 0 aliphatic rings. The van der Waals surface area contributed by atoms with Crippen molar-refractivity contribution in [2.75, 3.05) is 24.2 Å². The highest BCUT2D eigenvalue weighted by Crippen LogP contribution is 2.30. The van der Waals surface area contributed by atoms with E-state index in [0.29, 0.717) is 17.2 Å². The molecule has 2 aromatic carbocycles. The maximum atomic E-state index is 13.7. The maximum absolute atomic E-state index is 13.7. The molecule has 0 aliphatic carbocycles. The number of carbonyl (C=O) groups is 2. The van der Waals surface area contributed by atoms with E-state index in [2.05, 4.69) is 5.32 Å². The number of methoxy groups -OCH3 is 1. The van der Waals surface area contributed by atoms with E-state index in [0.717, 1.165) is 22.5 Å². The molecule has 0 spiro atoms. The summed E-state index contributed by atoms with van der Waals surface area (Å²) in [5.74, 6) is -0.198. The first-order valence-corrected chi connectivity index (χ1v) is 14.2. The minimum Gasteiger partial charge on any atom is -0.497 e. The Morgan fingerprint density at radius 3 is 2.19 bits per heavy atom. The van der Waals surface area contributed by atoms with Gasteiger partial charge in [-0.2, -0.15) is 0 Å². The molecule has 36 heavy (non-hydrogen) atoms. The van der Waals surface area contributed by atoms with E-state index < -0.39 is 28.5 Å². The number of hydrogen-bond donors (Lipinski definition) is 1. The molecule has 0 saturated carbocycles. The number of nitrogens with zero attached hydrogens (tertiary/aromatic N) is 2. The minimum absolute atomic E-state index is 0.0788. The number of sulfonamides is 1. The lowest BCUT2D eigenvalue weighted by molar-refractivity contribution is -0.140. The van der Waals surface area contributed by atoms with Crippen molar-refractivity contribution < 1.29 is 22.7 Å². The summed E-state index contributed by atoms with van der Waals surface area (Å²) in [7, 11) is -2.34. The highest BCUT2D eigenvalue weighted by atomic mass is 35.5. The number of halogens is 2. The van der Waals surface area contributed by atoms with Crippen molar-refractivity contribution >= 4 is 50.7 Å². The van der Waals surface area contributed by atoms with Gasteiger partial charge in [0, 0.05) is 17.6 Å². The summed E-state index contributed by atoms with van der Waals surface area (Å²) in [4.78, 5) is 28.2. The number of benzene rings is 2. The molecule has 11 heteroatoms. The zero-order valence-corrected chi connectivity index (χ0v) is 23.5. The number of ether oxygens (including phenoxy) is 1. The molecule has 2 aromatic rings. The van der Waals surface area contributed by atoms with Gasteiger partial charge < -0.3 is 15.0 Å². The van der Waals surface area contributed by atoms with Crippen LogP contribution in [0.5, 0.6) is 5.75 Å². The van der Waals surface area contributed by atoms with Crippen LogP contribution in [0.4, 0.5) is 5.69 Å². The van der Waals surface area contributed by atoms with Gasteiger partial charge in [0.05, 0.1) is 24.1 Å². The SMILES string of the molecule is CCC(C)NC(=O)C(CC)N(Cc1ccc(OC)cc1)C(=O)CN(c1ccc(Cl)cc1Cl)S(C)(=O)=O. The molecule has 1 N–H and O–H groups in total. The highest BCUT2D eigenvalue weighted by molar-refractivity contribution is 7.92. The molecular formula is C25H33Cl2N3O5S. The molecule has 0 radical (unpaired) electrons. The van der Waals surface area contributed by atoms with E-state index in [1.807, 2.05) is 13.8 Å². The molecule has 2 amide bonds. The fraction of sp³-hybridized carbons (Fsp3) is 0.440. The van der Waals surface area contributed by atoms with E-state index in [9.17, 15) is 18.0 Å². The molecule has 8 nitrogen and oxygen atoms in total. The van der Waals surface area contributed by atoms with Crippen molar-refractivity contribution in [3.8, 4) is 5.75 Å². The second-order valence-corrected chi connectivity index (χ2v) is 11.2. The fourth-order valence-electron chi connectivity index (χ4n) is 3.57. The molecule has 0 fully saturated rings. The van der Waals surface area contributed by atoms with Crippen LogP contribution in [0.1, 0.15) is 39.2 Å². The van der Waals surface area contributed by atoms with E-state index in [-0.39, 0.29) is 29.2 Å². The predicted octanol–water partition coefficient (Wildman–Crippen LogP) is 4.49. The van der Waals surface area contributed by atoms with Gasteiger partial charge in [-0.15, -0.1) is 0 Å². The molecule has 0 heterocycles. The molecule has 0 aliphatic heterocycles. The second kappa shape index (κ2) is 13.2. The van der Waals surface area contributed by atoms with Gasteiger partial charge >= 0.3 is 0 Å². The third-order valence-corrected chi connectivity index (χ3v) is 7.42. The van der Waals surface area contributed by atoms with Gasteiger partial charge in [-0.3, -0.25) is 13.9 Å². The van der Waals surface area contributed by atoms with Crippen LogP contribution >= 0.6 is 23.2 Å². The van der Waals surface area contributed by atoms with Gasteiger partial charge in [0.2, 0.25) is 21.8 Å². The van der Waals surface area contributed by atoms with E-state index >= 15 is 0 Å². The Balaban J connectivity index is 2.46. The topological polar surface area (TPSA) is 96.0 Å². The van der Waals surface area contributed by atoms with Crippen LogP contribution in [0, 0.1) is 0 Å². The van der Waals surface area contributed by atoms with Crippen LogP contribution < -0.4 is 14.4 Å². The Labute approximate surface area is 223 Å². The van der Waals surface area contributed by atoms with Gasteiger partial charge in [0.1, 0.15) is 18.3 Å². The van der Waals surface area contributed by atoms with Gasteiger partial charge in [-0.25, -0.2) is 8.42 Å². The standard InChI is InChI=1S/C25H33Cl2N3O5S/c1-6-17(3)28-25(32)22(7-2)29(15-18-8-11-20(35-4)12-9-18)24(31)16-30(36(5,33)34)23-13-10-19(26)14-21(23)27/h8-14,17,22H,6-7,15-16H2,1-5H3,(H,28,32). The minimum atomic E-state index is -3.90. The number of rotatable bonds is 12. The lowest BCUT2D eigenvalue weighted by Gasteiger charge is -2.33. The Bertz CT molecular complexity index is 1160. The third-order valence-electron chi connectivity index (χ3n) is 5.76. The number of anilines is 1. The summed E-state index contributed by atoms with van der Waals surface area (Å²) < 4.78 is 31.5. The summed E-state index contributed by atoms with van der Waals surface area (Å²) in [6, 6.07) is 10.6. The largest absolute Gasteiger partial charge is 0.497 e.